The Morgan fingerprint density at radius 2 is 2.12 bits per heavy atom. The average Bonchev–Trinajstić information content (AvgIpc) is 2.60. The lowest BCUT2D eigenvalue weighted by Gasteiger charge is -2.23. The van der Waals surface area contributed by atoms with E-state index in [1.807, 2.05) is 17.7 Å². The van der Waals surface area contributed by atoms with Crippen LogP contribution in [0.3, 0.4) is 0 Å². The fourth-order valence-electron chi connectivity index (χ4n) is 1.15. The summed E-state index contributed by atoms with van der Waals surface area (Å²) in [6.45, 7) is 6.57. The van der Waals surface area contributed by atoms with Crippen LogP contribution in [-0.2, 0) is 16.4 Å². The molecule has 92 valence electrons. The molecule has 6 heteroatoms. The second kappa shape index (κ2) is 4.45. The summed E-state index contributed by atoms with van der Waals surface area (Å²) in [7, 11) is -3.07. The molecule has 1 heterocycles. The number of aromatic nitrogens is 2. The van der Waals surface area contributed by atoms with Gasteiger partial charge in [-0.1, -0.05) is 0 Å². The number of hydrogen-bond donors (Lipinski definition) is 1. The van der Waals surface area contributed by atoms with Crippen LogP contribution >= 0.6 is 0 Å². The topological polar surface area (TPSA) is 64.0 Å². The summed E-state index contributed by atoms with van der Waals surface area (Å²) < 4.78 is 24.1. The molecule has 0 aromatic carbocycles. The molecule has 1 aromatic heterocycles. The Labute approximate surface area is 96.8 Å². The molecule has 0 aliphatic carbocycles. The van der Waals surface area contributed by atoms with Crippen molar-refractivity contribution in [3.63, 3.8) is 0 Å². The van der Waals surface area contributed by atoms with Crippen molar-refractivity contribution < 1.29 is 8.42 Å². The molecule has 0 spiro atoms. The quantitative estimate of drug-likeness (QED) is 0.845. The van der Waals surface area contributed by atoms with Crippen molar-refractivity contribution in [3.8, 4) is 0 Å². The molecule has 5 nitrogen and oxygen atoms in total. The van der Waals surface area contributed by atoms with Gasteiger partial charge in [0.15, 0.2) is 9.84 Å². The Balaban J connectivity index is 2.72. The first-order valence-corrected chi connectivity index (χ1v) is 7.11. The predicted molar refractivity (Wildman–Crippen MR) is 65.3 cm³/mol. The molecule has 1 N–H and O–H groups in total. The molecule has 0 amide bonds. The minimum absolute atomic E-state index is 0.350. The highest BCUT2D eigenvalue weighted by molar-refractivity contribution is 7.92. The lowest BCUT2D eigenvalue weighted by molar-refractivity contribution is 0.558. The molecule has 0 radical (unpaired) electrons. The highest BCUT2D eigenvalue weighted by Gasteiger charge is 2.30. The number of nitrogens with zero attached hydrogens (tertiary/aromatic N) is 2. The zero-order chi connectivity index (χ0) is 12.4. The van der Waals surface area contributed by atoms with Crippen LogP contribution in [0.2, 0.25) is 0 Å². The summed E-state index contributed by atoms with van der Waals surface area (Å²) >= 11 is 0. The third kappa shape index (κ3) is 2.75. The van der Waals surface area contributed by atoms with Gasteiger partial charge >= 0.3 is 0 Å². The van der Waals surface area contributed by atoms with Gasteiger partial charge in [-0.3, -0.25) is 0 Å². The molecule has 16 heavy (non-hydrogen) atoms. The van der Waals surface area contributed by atoms with Crippen molar-refractivity contribution in [1.29, 1.82) is 0 Å². The molecule has 0 aliphatic rings. The van der Waals surface area contributed by atoms with Crippen molar-refractivity contribution in [2.75, 3.05) is 18.1 Å². The molecule has 0 aliphatic heterocycles. The summed E-state index contributed by atoms with van der Waals surface area (Å²) in [6.07, 6.45) is 4.80. The van der Waals surface area contributed by atoms with Crippen LogP contribution in [0.25, 0.3) is 0 Å². The fraction of sp³-hybridized carbons (Fsp3) is 0.700. The van der Waals surface area contributed by atoms with Crippen molar-refractivity contribution in [1.82, 2.24) is 9.55 Å². The molecule has 0 saturated heterocycles. The number of aryl methyl sites for hydroxylation is 1. The van der Waals surface area contributed by atoms with Gasteiger partial charge in [0.2, 0.25) is 5.95 Å². The summed E-state index contributed by atoms with van der Waals surface area (Å²) in [4.78, 5) is 4.13. The van der Waals surface area contributed by atoms with E-state index in [-0.39, 0.29) is 0 Å². The van der Waals surface area contributed by atoms with E-state index in [4.69, 9.17) is 0 Å². The maximum atomic E-state index is 11.5. The maximum absolute atomic E-state index is 11.5. The second-order valence-corrected chi connectivity index (χ2v) is 7.07. The Morgan fingerprint density at radius 1 is 1.50 bits per heavy atom. The Morgan fingerprint density at radius 3 is 2.62 bits per heavy atom. The fourth-order valence-corrected chi connectivity index (χ4v) is 1.49. The Bertz CT molecular complexity index is 448. The average molecular weight is 245 g/mol. The normalized spacial score (nSPS) is 12.8. The zero-order valence-corrected chi connectivity index (χ0v) is 11.0. The SMILES string of the molecule is CCn1ccnc1NCC(C)(C)S(C)(=O)=O. The van der Waals surface area contributed by atoms with E-state index in [0.29, 0.717) is 12.5 Å². The first kappa shape index (κ1) is 13.0. The Hall–Kier alpha value is -1.04. The summed E-state index contributed by atoms with van der Waals surface area (Å²) in [5.74, 6) is 0.708. The minimum atomic E-state index is -3.07. The van der Waals surface area contributed by atoms with Gasteiger partial charge in [0, 0.05) is 31.7 Å². The van der Waals surface area contributed by atoms with E-state index in [1.165, 1.54) is 6.26 Å². The van der Waals surface area contributed by atoms with Crippen LogP contribution in [0.5, 0.6) is 0 Å². The molecule has 0 atom stereocenters. The van der Waals surface area contributed by atoms with Crippen LogP contribution in [0.1, 0.15) is 20.8 Å². The van der Waals surface area contributed by atoms with Gasteiger partial charge in [-0.2, -0.15) is 0 Å². The molecule has 0 saturated carbocycles. The van der Waals surface area contributed by atoms with E-state index in [9.17, 15) is 8.42 Å². The van der Waals surface area contributed by atoms with Gasteiger partial charge in [-0.15, -0.1) is 0 Å². The van der Waals surface area contributed by atoms with E-state index in [2.05, 4.69) is 10.3 Å². The van der Waals surface area contributed by atoms with Gasteiger partial charge in [0.25, 0.3) is 0 Å². The standard InChI is InChI=1S/C10H19N3O2S/c1-5-13-7-6-11-9(13)12-8-10(2,3)16(4,14)15/h6-7H,5,8H2,1-4H3,(H,11,12). The highest BCUT2D eigenvalue weighted by atomic mass is 32.2. The minimum Gasteiger partial charge on any atom is -0.354 e. The van der Waals surface area contributed by atoms with Crippen LogP contribution in [0.15, 0.2) is 12.4 Å². The Kier molecular flexibility index (Phi) is 3.62. The van der Waals surface area contributed by atoms with Crippen molar-refractivity contribution >= 4 is 15.8 Å². The number of rotatable bonds is 5. The molecule has 0 fully saturated rings. The van der Waals surface area contributed by atoms with Gasteiger partial charge in [0.1, 0.15) is 0 Å². The van der Waals surface area contributed by atoms with Gasteiger partial charge in [-0.05, 0) is 20.8 Å². The molecule has 0 unspecified atom stereocenters. The lowest BCUT2D eigenvalue weighted by atomic mass is 10.2. The van der Waals surface area contributed by atoms with Crippen LogP contribution in [-0.4, -0.2) is 35.5 Å². The number of nitrogens with one attached hydrogen (secondary N) is 1. The van der Waals surface area contributed by atoms with E-state index < -0.39 is 14.6 Å². The predicted octanol–water partition coefficient (Wildman–Crippen LogP) is 1.14. The largest absolute Gasteiger partial charge is 0.354 e. The van der Waals surface area contributed by atoms with Crippen molar-refractivity contribution in [3.05, 3.63) is 12.4 Å². The van der Waals surface area contributed by atoms with Crippen LogP contribution < -0.4 is 5.32 Å². The molecule has 1 rings (SSSR count). The van der Waals surface area contributed by atoms with Crippen LogP contribution in [0, 0.1) is 0 Å². The third-order valence-electron chi connectivity index (χ3n) is 2.73. The number of hydrogen-bond acceptors (Lipinski definition) is 4. The molecular formula is C10H19N3O2S. The van der Waals surface area contributed by atoms with Gasteiger partial charge in [-0.25, -0.2) is 13.4 Å². The molecule has 0 bridgehead atoms. The highest BCUT2D eigenvalue weighted by Crippen LogP contribution is 2.16. The van der Waals surface area contributed by atoms with E-state index in [1.54, 1.807) is 20.0 Å². The van der Waals surface area contributed by atoms with Gasteiger partial charge < -0.3 is 9.88 Å². The zero-order valence-electron chi connectivity index (χ0n) is 10.2. The summed E-state index contributed by atoms with van der Waals surface area (Å²) in [5, 5.41) is 3.06. The lowest BCUT2D eigenvalue weighted by Crippen LogP contribution is -2.38. The van der Waals surface area contributed by atoms with E-state index >= 15 is 0 Å². The van der Waals surface area contributed by atoms with Crippen molar-refractivity contribution in [2.24, 2.45) is 0 Å². The van der Waals surface area contributed by atoms with E-state index in [0.717, 1.165) is 6.54 Å². The van der Waals surface area contributed by atoms with Crippen molar-refractivity contribution in [2.45, 2.75) is 32.1 Å². The summed E-state index contributed by atoms with van der Waals surface area (Å²) in [6, 6.07) is 0. The number of sulfone groups is 1. The molecule has 1 aromatic rings. The molecular weight excluding hydrogens is 226 g/mol. The monoisotopic (exact) mass is 245 g/mol. The number of imidazole rings is 1. The summed E-state index contributed by atoms with van der Waals surface area (Å²) in [5.41, 5.74) is 0. The number of anilines is 1. The maximum Gasteiger partial charge on any atom is 0.202 e. The van der Waals surface area contributed by atoms with Crippen LogP contribution in [0.4, 0.5) is 5.95 Å². The smallest absolute Gasteiger partial charge is 0.202 e. The first-order valence-electron chi connectivity index (χ1n) is 5.22. The first-order chi connectivity index (χ1) is 7.28. The third-order valence-corrected chi connectivity index (χ3v) is 4.88. The second-order valence-electron chi connectivity index (χ2n) is 4.42. The van der Waals surface area contributed by atoms with Gasteiger partial charge in [0.05, 0.1) is 4.75 Å².